The highest BCUT2D eigenvalue weighted by atomic mass is 16.6. The van der Waals surface area contributed by atoms with Crippen molar-refractivity contribution in [2.24, 2.45) is 5.73 Å². The molecule has 5 heteroatoms. The fraction of sp³-hybridized carbons (Fsp3) is 0.800. The van der Waals surface area contributed by atoms with Gasteiger partial charge in [0.15, 0.2) is 5.72 Å². The normalized spacial score (nSPS) is 48.0. The second-order valence-corrected chi connectivity index (χ2v) is 2.30. The Kier molecular flexibility index (Phi) is 1.93. The van der Waals surface area contributed by atoms with Crippen molar-refractivity contribution in [2.75, 3.05) is 6.61 Å². The van der Waals surface area contributed by atoms with E-state index in [0.29, 0.717) is 0 Å². The molecule has 0 saturated carbocycles. The first-order valence-electron chi connectivity index (χ1n) is 2.87. The van der Waals surface area contributed by atoms with E-state index in [0.717, 1.165) is 6.61 Å². The highest BCUT2D eigenvalue weighted by molar-refractivity contribution is 4.97. The van der Waals surface area contributed by atoms with Gasteiger partial charge in [-0.1, -0.05) is 0 Å². The highest BCUT2D eigenvalue weighted by Gasteiger charge is 2.45. The van der Waals surface area contributed by atoms with E-state index in [1.165, 1.54) is 0 Å². The molecular formula is C5H10NO4. The number of hydrogen-bond acceptors (Lipinski definition) is 5. The molecule has 0 unspecified atom stereocenters. The summed E-state index contributed by atoms with van der Waals surface area (Å²) in [5.74, 6) is 0. The topological polar surface area (TPSA) is 95.9 Å². The average molecular weight is 148 g/mol. The van der Waals surface area contributed by atoms with E-state index in [1.807, 2.05) is 0 Å². The maximum atomic E-state index is 9.03. The van der Waals surface area contributed by atoms with Crippen molar-refractivity contribution in [2.45, 2.75) is 17.9 Å². The largest absolute Gasteiger partial charge is 0.392 e. The molecule has 5 N–H and O–H groups in total. The van der Waals surface area contributed by atoms with Gasteiger partial charge in [0.25, 0.3) is 0 Å². The van der Waals surface area contributed by atoms with Crippen LogP contribution in [0.15, 0.2) is 0 Å². The fourth-order valence-corrected chi connectivity index (χ4v) is 0.760. The number of aliphatic hydroxyl groups excluding tert-OH is 3. The molecule has 10 heavy (non-hydrogen) atoms. The van der Waals surface area contributed by atoms with Crippen molar-refractivity contribution in [1.82, 2.24) is 0 Å². The molecule has 0 aromatic carbocycles. The lowest BCUT2D eigenvalue weighted by Gasteiger charge is -2.23. The van der Waals surface area contributed by atoms with Gasteiger partial charge in [0.1, 0.15) is 18.8 Å². The van der Waals surface area contributed by atoms with Crippen LogP contribution in [-0.4, -0.2) is 39.9 Å². The molecule has 0 aromatic heterocycles. The lowest BCUT2D eigenvalue weighted by Crippen LogP contribution is -2.54. The predicted octanol–water partition coefficient (Wildman–Crippen LogP) is -2.45. The summed E-state index contributed by atoms with van der Waals surface area (Å²) in [5.41, 5.74) is 3.75. The zero-order valence-corrected chi connectivity index (χ0v) is 5.27. The molecular weight excluding hydrogens is 138 g/mol. The van der Waals surface area contributed by atoms with Crippen molar-refractivity contribution in [3.05, 3.63) is 6.61 Å². The SMILES string of the molecule is N[C@]1(CO)O[CH][C@@H](O)[C@@H]1O. The summed E-state index contributed by atoms with van der Waals surface area (Å²) in [6.07, 6.45) is -2.37. The van der Waals surface area contributed by atoms with Gasteiger partial charge in [0.05, 0.1) is 6.61 Å². The first-order chi connectivity index (χ1) is 4.60. The Balaban J connectivity index is 2.64. The Labute approximate surface area is 58.0 Å². The van der Waals surface area contributed by atoms with Gasteiger partial charge in [-0.15, -0.1) is 0 Å². The fourth-order valence-electron chi connectivity index (χ4n) is 0.760. The minimum absolute atomic E-state index is 0.526. The lowest BCUT2D eigenvalue weighted by atomic mass is 10.1. The third-order valence-corrected chi connectivity index (χ3v) is 1.50. The van der Waals surface area contributed by atoms with Crippen LogP contribution in [0, 0.1) is 6.61 Å². The van der Waals surface area contributed by atoms with Crippen LogP contribution >= 0.6 is 0 Å². The maximum Gasteiger partial charge on any atom is 0.169 e. The van der Waals surface area contributed by atoms with Gasteiger partial charge < -0.3 is 20.1 Å². The number of ether oxygens (including phenoxy) is 1. The van der Waals surface area contributed by atoms with Crippen LogP contribution in [0.3, 0.4) is 0 Å². The Morgan fingerprint density at radius 1 is 1.60 bits per heavy atom. The van der Waals surface area contributed by atoms with Crippen LogP contribution < -0.4 is 5.73 Å². The molecule has 0 aliphatic carbocycles. The lowest BCUT2D eigenvalue weighted by molar-refractivity contribution is -0.0832. The van der Waals surface area contributed by atoms with E-state index < -0.39 is 24.5 Å². The van der Waals surface area contributed by atoms with Gasteiger partial charge in [-0.3, -0.25) is 5.73 Å². The summed E-state index contributed by atoms with van der Waals surface area (Å²) in [5, 5.41) is 26.4. The monoisotopic (exact) mass is 148 g/mol. The molecule has 1 saturated heterocycles. The first-order valence-corrected chi connectivity index (χ1v) is 2.87. The average Bonchev–Trinajstić information content (AvgIpc) is 2.19. The van der Waals surface area contributed by atoms with Crippen LogP contribution in [0.25, 0.3) is 0 Å². The number of rotatable bonds is 1. The zero-order chi connectivity index (χ0) is 7.78. The van der Waals surface area contributed by atoms with Crippen LogP contribution in [0.5, 0.6) is 0 Å². The van der Waals surface area contributed by atoms with E-state index in [1.54, 1.807) is 0 Å². The van der Waals surface area contributed by atoms with Gasteiger partial charge in [0.2, 0.25) is 0 Å². The van der Waals surface area contributed by atoms with Crippen molar-refractivity contribution < 1.29 is 20.1 Å². The summed E-state index contributed by atoms with van der Waals surface area (Å²) in [7, 11) is 0. The van der Waals surface area contributed by atoms with Crippen molar-refractivity contribution >= 4 is 0 Å². The molecule has 1 rings (SSSR count). The summed E-state index contributed by atoms with van der Waals surface area (Å²) in [6, 6.07) is 0. The quantitative estimate of drug-likeness (QED) is 0.331. The molecule has 3 atom stereocenters. The van der Waals surface area contributed by atoms with E-state index in [9.17, 15) is 0 Å². The zero-order valence-electron chi connectivity index (χ0n) is 5.27. The molecule has 0 spiro atoms. The summed E-state index contributed by atoms with van der Waals surface area (Å²) in [6.45, 7) is 0.475. The molecule has 59 valence electrons. The van der Waals surface area contributed by atoms with E-state index in [4.69, 9.17) is 21.1 Å². The van der Waals surface area contributed by atoms with Gasteiger partial charge in [-0.25, -0.2) is 0 Å². The summed E-state index contributed by atoms with van der Waals surface area (Å²) < 4.78 is 4.62. The summed E-state index contributed by atoms with van der Waals surface area (Å²) >= 11 is 0. The number of hydrogen-bond donors (Lipinski definition) is 4. The van der Waals surface area contributed by atoms with Crippen LogP contribution in [0.2, 0.25) is 0 Å². The van der Waals surface area contributed by atoms with Crippen molar-refractivity contribution in [3.8, 4) is 0 Å². The molecule has 1 heterocycles. The highest BCUT2D eigenvalue weighted by Crippen LogP contribution is 2.23. The van der Waals surface area contributed by atoms with E-state index in [2.05, 4.69) is 4.74 Å². The Hall–Kier alpha value is -0.200. The molecule has 1 aliphatic rings. The molecule has 0 bridgehead atoms. The minimum atomic E-state index is -1.53. The van der Waals surface area contributed by atoms with Gasteiger partial charge in [0, 0.05) is 0 Å². The minimum Gasteiger partial charge on any atom is -0.392 e. The van der Waals surface area contributed by atoms with Crippen LogP contribution in [0.4, 0.5) is 0 Å². The molecule has 0 amide bonds. The molecule has 1 fully saturated rings. The maximum absolute atomic E-state index is 9.03. The Morgan fingerprint density at radius 2 is 2.20 bits per heavy atom. The van der Waals surface area contributed by atoms with Gasteiger partial charge >= 0.3 is 0 Å². The van der Waals surface area contributed by atoms with Crippen LogP contribution in [-0.2, 0) is 4.74 Å². The smallest absolute Gasteiger partial charge is 0.169 e. The Bertz CT molecular complexity index is 131. The van der Waals surface area contributed by atoms with Crippen LogP contribution in [0.1, 0.15) is 0 Å². The van der Waals surface area contributed by atoms with Crippen molar-refractivity contribution in [1.29, 1.82) is 0 Å². The second kappa shape index (κ2) is 2.44. The van der Waals surface area contributed by atoms with E-state index in [-0.39, 0.29) is 0 Å². The molecule has 1 aliphatic heterocycles. The predicted molar refractivity (Wildman–Crippen MR) is 31.4 cm³/mol. The third-order valence-electron chi connectivity index (χ3n) is 1.50. The second-order valence-electron chi connectivity index (χ2n) is 2.30. The first kappa shape index (κ1) is 7.90. The molecule has 1 radical (unpaired) electrons. The molecule has 0 aromatic rings. The molecule has 5 nitrogen and oxygen atoms in total. The summed E-state index contributed by atoms with van der Waals surface area (Å²) in [4.78, 5) is 0. The third kappa shape index (κ3) is 1.02. The van der Waals surface area contributed by atoms with E-state index >= 15 is 0 Å². The standard InChI is InChI=1S/C5H10NO4/c6-5(2-7)4(9)3(8)1-10-5/h1,3-4,7-9H,2,6H2/t3-,4+,5-/m1/s1. The Morgan fingerprint density at radius 3 is 2.40 bits per heavy atom. The number of aliphatic hydroxyl groups is 3. The van der Waals surface area contributed by atoms with Gasteiger partial charge in [-0.05, 0) is 0 Å². The van der Waals surface area contributed by atoms with Crippen molar-refractivity contribution in [3.63, 3.8) is 0 Å². The number of nitrogens with two attached hydrogens (primary N) is 1. The van der Waals surface area contributed by atoms with Gasteiger partial charge in [-0.2, -0.15) is 0 Å².